The number of ether oxygens (including phenoxy) is 2. The van der Waals surface area contributed by atoms with Crippen LogP contribution in [-0.2, 0) is 13.2 Å². The SMILES string of the molecule is COc1ccc(COc2c(Br)cccc2CO)cc1Br. The predicted molar refractivity (Wildman–Crippen MR) is 85.1 cm³/mol. The smallest absolute Gasteiger partial charge is 0.139 e. The van der Waals surface area contributed by atoms with Crippen molar-refractivity contribution in [1.29, 1.82) is 0 Å². The topological polar surface area (TPSA) is 38.7 Å². The normalized spacial score (nSPS) is 10.4. The number of aliphatic hydroxyl groups is 1. The largest absolute Gasteiger partial charge is 0.496 e. The molecule has 0 spiro atoms. The van der Waals surface area contributed by atoms with E-state index in [1.165, 1.54) is 0 Å². The molecule has 1 N–H and O–H groups in total. The van der Waals surface area contributed by atoms with Crippen LogP contribution < -0.4 is 9.47 Å². The number of rotatable bonds is 5. The monoisotopic (exact) mass is 400 g/mol. The Morgan fingerprint density at radius 2 is 1.90 bits per heavy atom. The van der Waals surface area contributed by atoms with Gasteiger partial charge in [-0.25, -0.2) is 0 Å². The van der Waals surface area contributed by atoms with E-state index >= 15 is 0 Å². The summed E-state index contributed by atoms with van der Waals surface area (Å²) in [5.74, 6) is 1.45. The van der Waals surface area contributed by atoms with Crippen LogP contribution in [0, 0.1) is 0 Å². The lowest BCUT2D eigenvalue weighted by atomic mass is 10.2. The van der Waals surface area contributed by atoms with Crippen molar-refractivity contribution in [3.05, 3.63) is 56.5 Å². The van der Waals surface area contributed by atoms with Gasteiger partial charge in [-0.3, -0.25) is 0 Å². The fourth-order valence-corrected chi connectivity index (χ4v) is 2.90. The third kappa shape index (κ3) is 3.53. The molecule has 0 saturated carbocycles. The maximum absolute atomic E-state index is 9.33. The van der Waals surface area contributed by atoms with Crippen molar-refractivity contribution < 1.29 is 14.6 Å². The van der Waals surface area contributed by atoms with Gasteiger partial charge in [0.1, 0.15) is 18.1 Å². The average Bonchev–Trinajstić information content (AvgIpc) is 2.46. The van der Waals surface area contributed by atoms with Crippen LogP contribution in [0.5, 0.6) is 11.5 Å². The van der Waals surface area contributed by atoms with Crippen molar-refractivity contribution in [2.24, 2.45) is 0 Å². The second kappa shape index (κ2) is 7.11. The van der Waals surface area contributed by atoms with Gasteiger partial charge in [0.15, 0.2) is 0 Å². The summed E-state index contributed by atoms with van der Waals surface area (Å²) >= 11 is 6.88. The van der Waals surface area contributed by atoms with Crippen molar-refractivity contribution in [2.45, 2.75) is 13.2 Å². The van der Waals surface area contributed by atoms with Gasteiger partial charge >= 0.3 is 0 Å². The van der Waals surface area contributed by atoms with Gasteiger partial charge in [0, 0.05) is 5.56 Å². The molecule has 5 heteroatoms. The Morgan fingerprint density at radius 3 is 2.55 bits per heavy atom. The number of hydrogen-bond donors (Lipinski definition) is 1. The van der Waals surface area contributed by atoms with E-state index in [1.807, 2.05) is 36.4 Å². The van der Waals surface area contributed by atoms with E-state index in [1.54, 1.807) is 7.11 Å². The molecule has 0 unspecified atom stereocenters. The second-order valence-corrected chi connectivity index (χ2v) is 5.85. The van der Waals surface area contributed by atoms with E-state index < -0.39 is 0 Å². The van der Waals surface area contributed by atoms with Crippen LogP contribution in [0.1, 0.15) is 11.1 Å². The summed E-state index contributed by atoms with van der Waals surface area (Å²) in [4.78, 5) is 0. The summed E-state index contributed by atoms with van der Waals surface area (Å²) in [6.07, 6.45) is 0. The van der Waals surface area contributed by atoms with Crippen molar-refractivity contribution in [2.75, 3.05) is 7.11 Å². The van der Waals surface area contributed by atoms with Crippen LogP contribution in [0.4, 0.5) is 0 Å². The van der Waals surface area contributed by atoms with E-state index in [0.29, 0.717) is 12.4 Å². The lowest BCUT2D eigenvalue weighted by Gasteiger charge is -2.13. The molecule has 3 nitrogen and oxygen atoms in total. The third-order valence-corrected chi connectivity index (χ3v) is 4.06. The summed E-state index contributed by atoms with van der Waals surface area (Å²) in [5.41, 5.74) is 1.77. The maximum atomic E-state index is 9.33. The number of halogens is 2. The highest BCUT2D eigenvalue weighted by molar-refractivity contribution is 9.10. The lowest BCUT2D eigenvalue weighted by molar-refractivity contribution is 0.258. The molecular weight excluding hydrogens is 388 g/mol. The van der Waals surface area contributed by atoms with Gasteiger partial charge in [0.2, 0.25) is 0 Å². The third-order valence-electron chi connectivity index (χ3n) is 2.82. The van der Waals surface area contributed by atoms with Gasteiger partial charge < -0.3 is 14.6 Å². The van der Waals surface area contributed by atoms with Gasteiger partial charge in [-0.1, -0.05) is 18.2 Å². The van der Waals surface area contributed by atoms with Crippen LogP contribution in [-0.4, -0.2) is 12.2 Å². The minimum absolute atomic E-state index is 0.0545. The first-order valence-electron chi connectivity index (χ1n) is 5.99. The fraction of sp³-hybridized carbons (Fsp3) is 0.200. The minimum atomic E-state index is -0.0545. The van der Waals surface area contributed by atoms with Crippen LogP contribution in [0.3, 0.4) is 0 Å². The molecule has 0 aliphatic rings. The van der Waals surface area contributed by atoms with Gasteiger partial charge in [0.25, 0.3) is 0 Å². The van der Waals surface area contributed by atoms with Gasteiger partial charge in [-0.15, -0.1) is 0 Å². The molecule has 20 heavy (non-hydrogen) atoms. The highest BCUT2D eigenvalue weighted by Crippen LogP contribution is 2.31. The Hall–Kier alpha value is -1.04. The van der Waals surface area contributed by atoms with Crippen molar-refractivity contribution >= 4 is 31.9 Å². The van der Waals surface area contributed by atoms with Crippen molar-refractivity contribution in [1.82, 2.24) is 0 Å². The highest BCUT2D eigenvalue weighted by Gasteiger charge is 2.08. The van der Waals surface area contributed by atoms with Gasteiger partial charge in [-0.05, 0) is 55.6 Å². The summed E-state index contributed by atoms with van der Waals surface area (Å²) in [7, 11) is 1.63. The van der Waals surface area contributed by atoms with E-state index in [9.17, 15) is 5.11 Å². The first-order chi connectivity index (χ1) is 9.65. The molecule has 2 rings (SSSR count). The predicted octanol–water partition coefficient (Wildman–Crippen LogP) is 4.29. The quantitative estimate of drug-likeness (QED) is 0.811. The zero-order valence-corrected chi connectivity index (χ0v) is 14.1. The Kier molecular flexibility index (Phi) is 5.46. The zero-order chi connectivity index (χ0) is 14.5. The Bertz CT molecular complexity index is 600. The molecule has 0 heterocycles. The molecule has 0 amide bonds. The van der Waals surface area contributed by atoms with Crippen molar-refractivity contribution in [3.63, 3.8) is 0 Å². The van der Waals surface area contributed by atoms with Crippen LogP contribution in [0.25, 0.3) is 0 Å². The second-order valence-electron chi connectivity index (χ2n) is 4.14. The number of methoxy groups -OCH3 is 1. The molecule has 0 aliphatic carbocycles. The highest BCUT2D eigenvalue weighted by atomic mass is 79.9. The molecular formula is C15H14Br2O3. The van der Waals surface area contributed by atoms with E-state index in [4.69, 9.17) is 9.47 Å². The summed E-state index contributed by atoms with van der Waals surface area (Å²) in [6.45, 7) is 0.360. The summed E-state index contributed by atoms with van der Waals surface area (Å²) < 4.78 is 12.7. The Labute approximate surface area is 134 Å². The van der Waals surface area contributed by atoms with Crippen LogP contribution in [0.15, 0.2) is 45.3 Å². The van der Waals surface area contributed by atoms with Crippen molar-refractivity contribution in [3.8, 4) is 11.5 Å². The lowest BCUT2D eigenvalue weighted by Crippen LogP contribution is -2.00. The Balaban J connectivity index is 2.15. The first-order valence-corrected chi connectivity index (χ1v) is 7.57. The van der Waals surface area contributed by atoms with Crippen LogP contribution >= 0.6 is 31.9 Å². The Morgan fingerprint density at radius 1 is 1.10 bits per heavy atom. The molecule has 0 fully saturated rings. The molecule has 0 radical (unpaired) electrons. The van der Waals surface area contributed by atoms with Gasteiger partial charge in [0.05, 0.1) is 22.7 Å². The molecule has 0 bridgehead atoms. The number of para-hydroxylation sites is 1. The number of benzene rings is 2. The average molecular weight is 402 g/mol. The summed E-state index contributed by atoms with van der Waals surface area (Å²) in [5, 5.41) is 9.33. The number of hydrogen-bond acceptors (Lipinski definition) is 3. The van der Waals surface area contributed by atoms with E-state index in [0.717, 1.165) is 25.8 Å². The molecule has 2 aromatic rings. The minimum Gasteiger partial charge on any atom is -0.496 e. The van der Waals surface area contributed by atoms with Gasteiger partial charge in [-0.2, -0.15) is 0 Å². The standard InChI is InChI=1S/C15H14Br2O3/c1-19-14-6-5-10(7-13(14)17)9-20-15-11(8-18)3-2-4-12(15)16/h2-7,18H,8-9H2,1H3. The van der Waals surface area contributed by atoms with E-state index in [2.05, 4.69) is 31.9 Å². The maximum Gasteiger partial charge on any atom is 0.139 e. The molecule has 0 aliphatic heterocycles. The molecule has 2 aromatic carbocycles. The molecule has 0 saturated heterocycles. The first kappa shape index (κ1) is 15.4. The summed E-state index contributed by atoms with van der Waals surface area (Å²) in [6, 6.07) is 11.4. The molecule has 0 aromatic heterocycles. The fourth-order valence-electron chi connectivity index (χ4n) is 1.79. The molecule has 106 valence electrons. The number of aliphatic hydroxyl groups excluding tert-OH is 1. The molecule has 0 atom stereocenters. The zero-order valence-electron chi connectivity index (χ0n) is 10.9. The van der Waals surface area contributed by atoms with E-state index in [-0.39, 0.29) is 6.61 Å². The van der Waals surface area contributed by atoms with Crippen LogP contribution in [0.2, 0.25) is 0 Å².